The molecule has 2 rings (SSSR count). The number of hydrogen-bond acceptors (Lipinski definition) is 5. The predicted octanol–water partition coefficient (Wildman–Crippen LogP) is 2.81. The van der Waals surface area contributed by atoms with Gasteiger partial charge in [0.05, 0.1) is 0 Å². The lowest BCUT2D eigenvalue weighted by Crippen LogP contribution is -2.21. The second kappa shape index (κ2) is 7.04. The quantitative estimate of drug-likeness (QED) is 0.855. The number of rotatable bonds is 6. The molecule has 0 saturated carbocycles. The Bertz CT molecular complexity index is 595. The summed E-state index contributed by atoms with van der Waals surface area (Å²) in [4.78, 5) is 11.0. The highest BCUT2D eigenvalue weighted by Crippen LogP contribution is 2.18. The minimum absolute atomic E-state index is 0.750. The predicted molar refractivity (Wildman–Crippen MR) is 88.3 cm³/mol. The lowest BCUT2D eigenvalue weighted by atomic mass is 10.2. The summed E-state index contributed by atoms with van der Waals surface area (Å²) in [6.45, 7) is 5.79. The summed E-state index contributed by atoms with van der Waals surface area (Å²) < 4.78 is 0. The Morgan fingerprint density at radius 2 is 1.81 bits per heavy atom. The normalized spacial score (nSPS) is 10.7. The van der Waals surface area contributed by atoms with Gasteiger partial charge >= 0.3 is 0 Å². The van der Waals surface area contributed by atoms with Gasteiger partial charge in [0.25, 0.3) is 0 Å². The summed E-state index contributed by atoms with van der Waals surface area (Å²) in [5.74, 6) is 2.40. The Kier molecular flexibility index (Phi) is 5.11. The van der Waals surface area contributed by atoms with Crippen molar-refractivity contribution >= 4 is 17.3 Å². The molecule has 0 aliphatic heterocycles. The third-order valence-corrected chi connectivity index (χ3v) is 2.99. The molecule has 0 radical (unpaired) electrons. The highest BCUT2D eigenvalue weighted by atomic mass is 15.1. The molecular formula is C16H23N5. The smallest absolute Gasteiger partial charge is 0.136 e. The summed E-state index contributed by atoms with van der Waals surface area (Å²) in [6, 6.07) is 10.2. The van der Waals surface area contributed by atoms with Crippen molar-refractivity contribution < 1.29 is 0 Å². The average molecular weight is 285 g/mol. The van der Waals surface area contributed by atoms with E-state index in [-0.39, 0.29) is 0 Å². The molecule has 1 heterocycles. The fourth-order valence-electron chi connectivity index (χ4n) is 2.00. The van der Waals surface area contributed by atoms with Gasteiger partial charge in [-0.25, -0.2) is 9.97 Å². The second-order valence-electron chi connectivity index (χ2n) is 5.41. The Morgan fingerprint density at radius 1 is 1.05 bits per heavy atom. The van der Waals surface area contributed by atoms with Gasteiger partial charge in [0.2, 0.25) is 0 Å². The first kappa shape index (κ1) is 15.3. The van der Waals surface area contributed by atoms with Crippen molar-refractivity contribution in [2.45, 2.75) is 13.8 Å². The number of aromatic nitrogens is 2. The van der Waals surface area contributed by atoms with Gasteiger partial charge in [-0.05, 0) is 45.6 Å². The van der Waals surface area contributed by atoms with Gasteiger partial charge in [-0.3, -0.25) is 0 Å². The molecule has 0 atom stereocenters. The Morgan fingerprint density at radius 3 is 2.52 bits per heavy atom. The van der Waals surface area contributed by atoms with Gasteiger partial charge < -0.3 is 15.5 Å². The SMILES string of the molecule is Cc1cccc(Nc2cc(NCCN(C)C)nc(C)n2)c1. The molecule has 0 aliphatic rings. The fraction of sp³-hybridized carbons (Fsp3) is 0.375. The first-order valence-electron chi connectivity index (χ1n) is 7.11. The highest BCUT2D eigenvalue weighted by Gasteiger charge is 2.03. The lowest BCUT2D eigenvalue weighted by molar-refractivity contribution is 0.425. The molecule has 2 N–H and O–H groups in total. The second-order valence-corrected chi connectivity index (χ2v) is 5.41. The Balaban J connectivity index is 2.07. The maximum atomic E-state index is 4.43. The van der Waals surface area contributed by atoms with Gasteiger partial charge in [-0.15, -0.1) is 0 Å². The molecule has 5 nitrogen and oxygen atoms in total. The number of anilines is 3. The van der Waals surface area contributed by atoms with Crippen molar-refractivity contribution in [3.63, 3.8) is 0 Å². The third-order valence-electron chi connectivity index (χ3n) is 2.99. The molecule has 0 bridgehead atoms. The molecule has 0 amide bonds. The van der Waals surface area contributed by atoms with Crippen LogP contribution in [0.2, 0.25) is 0 Å². The molecule has 0 aliphatic carbocycles. The molecule has 0 unspecified atom stereocenters. The summed E-state index contributed by atoms with van der Waals surface area (Å²) >= 11 is 0. The van der Waals surface area contributed by atoms with Crippen LogP contribution in [0.1, 0.15) is 11.4 Å². The molecule has 5 heteroatoms. The monoisotopic (exact) mass is 285 g/mol. The van der Waals surface area contributed by atoms with Gasteiger partial charge in [0.15, 0.2) is 0 Å². The molecule has 0 fully saturated rings. The molecule has 1 aromatic carbocycles. The van der Waals surface area contributed by atoms with Crippen LogP contribution in [0.25, 0.3) is 0 Å². The van der Waals surface area contributed by atoms with E-state index >= 15 is 0 Å². The molecule has 1 aromatic heterocycles. The summed E-state index contributed by atoms with van der Waals surface area (Å²) in [6.07, 6.45) is 0. The van der Waals surface area contributed by atoms with Crippen LogP contribution in [0.3, 0.4) is 0 Å². The van der Waals surface area contributed by atoms with Crippen LogP contribution in [0.5, 0.6) is 0 Å². The van der Waals surface area contributed by atoms with Crippen molar-refractivity contribution in [1.82, 2.24) is 14.9 Å². The molecular weight excluding hydrogens is 262 g/mol. The summed E-state index contributed by atoms with van der Waals surface area (Å²) in [5.41, 5.74) is 2.25. The van der Waals surface area contributed by atoms with E-state index in [0.29, 0.717) is 0 Å². The van der Waals surface area contributed by atoms with Crippen molar-refractivity contribution in [1.29, 1.82) is 0 Å². The zero-order chi connectivity index (χ0) is 15.2. The largest absolute Gasteiger partial charge is 0.369 e. The van der Waals surface area contributed by atoms with Crippen LogP contribution in [-0.2, 0) is 0 Å². The number of nitrogens with one attached hydrogen (secondary N) is 2. The van der Waals surface area contributed by atoms with Crippen LogP contribution < -0.4 is 10.6 Å². The van der Waals surface area contributed by atoms with E-state index in [0.717, 1.165) is 36.2 Å². The third kappa shape index (κ3) is 5.04. The number of likely N-dealkylation sites (N-methyl/N-ethyl adjacent to an activating group) is 1. The van der Waals surface area contributed by atoms with Crippen LogP contribution in [0, 0.1) is 13.8 Å². The van der Waals surface area contributed by atoms with Crippen LogP contribution in [0.15, 0.2) is 30.3 Å². The maximum Gasteiger partial charge on any atom is 0.136 e. The topological polar surface area (TPSA) is 53.1 Å². The minimum Gasteiger partial charge on any atom is -0.369 e. The van der Waals surface area contributed by atoms with E-state index in [1.54, 1.807) is 0 Å². The zero-order valence-corrected chi connectivity index (χ0v) is 13.1. The van der Waals surface area contributed by atoms with E-state index in [1.807, 2.05) is 25.1 Å². The molecule has 2 aromatic rings. The fourth-order valence-corrected chi connectivity index (χ4v) is 2.00. The van der Waals surface area contributed by atoms with E-state index in [2.05, 4.69) is 58.7 Å². The van der Waals surface area contributed by atoms with Crippen LogP contribution >= 0.6 is 0 Å². The van der Waals surface area contributed by atoms with Crippen molar-refractivity contribution in [2.75, 3.05) is 37.8 Å². The minimum atomic E-state index is 0.750. The highest BCUT2D eigenvalue weighted by molar-refractivity contribution is 5.59. The standard InChI is InChI=1S/C16H23N5/c1-12-6-5-7-14(10-12)20-16-11-15(18-13(2)19-16)17-8-9-21(3)4/h5-7,10-11H,8-9H2,1-4H3,(H2,17,18,19,20). The van der Waals surface area contributed by atoms with Gasteiger partial charge in [-0.1, -0.05) is 12.1 Å². The van der Waals surface area contributed by atoms with Gasteiger partial charge in [-0.2, -0.15) is 0 Å². The number of benzene rings is 1. The van der Waals surface area contributed by atoms with Crippen molar-refractivity contribution in [2.24, 2.45) is 0 Å². The number of hydrogen-bond donors (Lipinski definition) is 2. The number of nitrogens with zero attached hydrogens (tertiary/aromatic N) is 3. The molecule has 0 spiro atoms. The Hall–Kier alpha value is -2.14. The van der Waals surface area contributed by atoms with E-state index in [4.69, 9.17) is 0 Å². The van der Waals surface area contributed by atoms with Crippen molar-refractivity contribution in [3.05, 3.63) is 41.7 Å². The first-order valence-corrected chi connectivity index (χ1v) is 7.11. The van der Waals surface area contributed by atoms with Gasteiger partial charge in [0.1, 0.15) is 17.5 Å². The lowest BCUT2D eigenvalue weighted by Gasteiger charge is -2.12. The van der Waals surface area contributed by atoms with Crippen LogP contribution in [-0.4, -0.2) is 42.1 Å². The van der Waals surface area contributed by atoms with E-state index in [9.17, 15) is 0 Å². The average Bonchev–Trinajstić information content (AvgIpc) is 2.37. The molecule has 0 saturated heterocycles. The van der Waals surface area contributed by atoms with E-state index < -0.39 is 0 Å². The first-order chi connectivity index (χ1) is 10.0. The summed E-state index contributed by atoms with van der Waals surface area (Å²) in [7, 11) is 4.11. The Labute approximate surface area is 126 Å². The van der Waals surface area contributed by atoms with E-state index in [1.165, 1.54) is 5.56 Å². The zero-order valence-electron chi connectivity index (χ0n) is 13.1. The van der Waals surface area contributed by atoms with Crippen LogP contribution in [0.4, 0.5) is 17.3 Å². The van der Waals surface area contributed by atoms with Gasteiger partial charge in [0, 0.05) is 24.8 Å². The maximum absolute atomic E-state index is 4.43. The molecule has 21 heavy (non-hydrogen) atoms. The number of aryl methyl sites for hydroxylation is 2. The molecule has 112 valence electrons. The summed E-state index contributed by atoms with van der Waals surface area (Å²) in [5, 5.41) is 6.65. The van der Waals surface area contributed by atoms with Crippen molar-refractivity contribution in [3.8, 4) is 0 Å².